The Bertz CT molecular complexity index is 315. The highest BCUT2D eigenvalue weighted by Crippen LogP contribution is 2.26. The highest BCUT2D eigenvalue weighted by atomic mass is 127. The van der Waals surface area contributed by atoms with Crippen LogP contribution in [0, 0.1) is 3.57 Å². The van der Waals surface area contributed by atoms with E-state index in [-0.39, 0.29) is 6.61 Å². The van der Waals surface area contributed by atoms with Gasteiger partial charge >= 0.3 is 0 Å². The number of hydrogen-bond donors (Lipinski definition) is 1. The second kappa shape index (κ2) is 7.73. The van der Waals surface area contributed by atoms with Gasteiger partial charge in [-0.05, 0) is 41.1 Å². The molecule has 0 atom stereocenters. The number of aliphatic hydroxyl groups is 1. The lowest BCUT2D eigenvalue weighted by atomic mass is 10.3. The summed E-state index contributed by atoms with van der Waals surface area (Å²) in [6.45, 7) is 3.20. The van der Waals surface area contributed by atoms with Gasteiger partial charge in [-0.2, -0.15) is 0 Å². The van der Waals surface area contributed by atoms with Crippen molar-refractivity contribution in [1.82, 2.24) is 0 Å². The molecule has 0 unspecified atom stereocenters. The van der Waals surface area contributed by atoms with E-state index in [1.165, 1.54) is 0 Å². The van der Waals surface area contributed by atoms with Gasteiger partial charge in [0.05, 0.1) is 16.8 Å². The molecule has 0 aliphatic rings. The first-order valence-electron chi connectivity index (χ1n) is 5.44. The Kier molecular flexibility index (Phi) is 6.56. The van der Waals surface area contributed by atoms with Gasteiger partial charge in [0.2, 0.25) is 0 Å². The fourth-order valence-electron chi connectivity index (χ4n) is 1.17. The number of rotatable bonds is 7. The molecule has 0 spiro atoms. The van der Waals surface area contributed by atoms with Crippen LogP contribution in [0.5, 0.6) is 11.5 Å². The van der Waals surface area contributed by atoms with Gasteiger partial charge in [0.15, 0.2) is 0 Å². The van der Waals surface area contributed by atoms with E-state index in [0.717, 1.165) is 34.5 Å². The summed E-state index contributed by atoms with van der Waals surface area (Å²) in [6, 6.07) is 5.75. The van der Waals surface area contributed by atoms with Crippen molar-refractivity contribution in [3.05, 3.63) is 21.8 Å². The first kappa shape index (κ1) is 13.6. The van der Waals surface area contributed by atoms with E-state index in [2.05, 4.69) is 29.5 Å². The maximum absolute atomic E-state index is 8.70. The van der Waals surface area contributed by atoms with E-state index in [9.17, 15) is 0 Å². The molecule has 1 aromatic carbocycles. The smallest absolute Gasteiger partial charge is 0.136 e. The number of unbranched alkanes of at least 4 members (excludes halogenated alkanes) is 1. The molecule has 0 saturated carbocycles. The zero-order chi connectivity index (χ0) is 11.8. The minimum Gasteiger partial charge on any atom is -0.493 e. The van der Waals surface area contributed by atoms with Gasteiger partial charge in [0, 0.05) is 6.07 Å². The fourth-order valence-corrected chi connectivity index (χ4v) is 1.67. The molecule has 0 radical (unpaired) electrons. The van der Waals surface area contributed by atoms with Crippen molar-refractivity contribution in [1.29, 1.82) is 0 Å². The lowest BCUT2D eigenvalue weighted by Crippen LogP contribution is -2.03. The van der Waals surface area contributed by atoms with Gasteiger partial charge in [-0.15, -0.1) is 0 Å². The first-order chi connectivity index (χ1) is 7.77. The third-order valence-corrected chi connectivity index (χ3v) is 2.91. The van der Waals surface area contributed by atoms with Crippen LogP contribution in [-0.2, 0) is 0 Å². The Hall–Kier alpha value is -0.490. The molecule has 4 heteroatoms. The average molecular weight is 336 g/mol. The molecular formula is C12H17IO3. The van der Waals surface area contributed by atoms with Gasteiger partial charge in [0.1, 0.15) is 18.1 Å². The second-order valence-corrected chi connectivity index (χ2v) is 4.53. The van der Waals surface area contributed by atoms with Crippen LogP contribution in [0.15, 0.2) is 18.2 Å². The molecule has 0 aliphatic carbocycles. The van der Waals surface area contributed by atoms with Crippen LogP contribution in [0.25, 0.3) is 0 Å². The summed E-state index contributed by atoms with van der Waals surface area (Å²) in [5, 5.41) is 8.70. The Morgan fingerprint density at radius 1 is 1.25 bits per heavy atom. The third-order valence-electron chi connectivity index (χ3n) is 2.02. The van der Waals surface area contributed by atoms with Crippen molar-refractivity contribution < 1.29 is 14.6 Å². The summed E-state index contributed by atoms with van der Waals surface area (Å²) >= 11 is 2.20. The van der Waals surface area contributed by atoms with E-state index in [0.29, 0.717) is 6.61 Å². The standard InChI is InChI=1S/C12H17IO3/c1-2-3-7-15-10-4-5-11(13)12(9-10)16-8-6-14/h4-5,9,14H,2-3,6-8H2,1H3. The zero-order valence-corrected chi connectivity index (χ0v) is 11.6. The van der Waals surface area contributed by atoms with Gasteiger partial charge < -0.3 is 14.6 Å². The van der Waals surface area contributed by atoms with Crippen LogP contribution in [0.4, 0.5) is 0 Å². The van der Waals surface area contributed by atoms with E-state index < -0.39 is 0 Å². The molecule has 16 heavy (non-hydrogen) atoms. The van der Waals surface area contributed by atoms with E-state index >= 15 is 0 Å². The van der Waals surface area contributed by atoms with E-state index in [1.54, 1.807) is 0 Å². The van der Waals surface area contributed by atoms with Crippen LogP contribution in [0.2, 0.25) is 0 Å². The molecule has 0 aromatic heterocycles. The second-order valence-electron chi connectivity index (χ2n) is 3.37. The van der Waals surface area contributed by atoms with Crippen LogP contribution < -0.4 is 9.47 Å². The van der Waals surface area contributed by atoms with Gasteiger partial charge in [-0.3, -0.25) is 0 Å². The van der Waals surface area contributed by atoms with Gasteiger partial charge in [0.25, 0.3) is 0 Å². The van der Waals surface area contributed by atoms with E-state index in [4.69, 9.17) is 14.6 Å². The quantitative estimate of drug-likeness (QED) is 0.615. The highest BCUT2D eigenvalue weighted by molar-refractivity contribution is 14.1. The van der Waals surface area contributed by atoms with Crippen molar-refractivity contribution in [2.24, 2.45) is 0 Å². The predicted molar refractivity (Wildman–Crippen MR) is 72.1 cm³/mol. The number of benzene rings is 1. The monoisotopic (exact) mass is 336 g/mol. The topological polar surface area (TPSA) is 38.7 Å². The minimum atomic E-state index is 0.0248. The van der Waals surface area contributed by atoms with Crippen LogP contribution in [0.1, 0.15) is 19.8 Å². The molecule has 0 aliphatic heterocycles. The number of aliphatic hydroxyl groups excluding tert-OH is 1. The predicted octanol–water partition coefficient (Wildman–Crippen LogP) is 2.84. The van der Waals surface area contributed by atoms with Crippen molar-refractivity contribution in [3.8, 4) is 11.5 Å². The maximum Gasteiger partial charge on any atom is 0.136 e. The van der Waals surface area contributed by atoms with Crippen LogP contribution in [0.3, 0.4) is 0 Å². The Labute approximate surface area is 110 Å². The van der Waals surface area contributed by atoms with Crippen LogP contribution >= 0.6 is 22.6 Å². The Morgan fingerprint density at radius 2 is 2.06 bits per heavy atom. The molecule has 0 fully saturated rings. The first-order valence-corrected chi connectivity index (χ1v) is 6.51. The Balaban J connectivity index is 2.58. The molecule has 3 nitrogen and oxygen atoms in total. The number of hydrogen-bond acceptors (Lipinski definition) is 3. The molecule has 1 aromatic rings. The zero-order valence-electron chi connectivity index (χ0n) is 9.41. The lowest BCUT2D eigenvalue weighted by molar-refractivity contribution is 0.199. The van der Waals surface area contributed by atoms with Crippen molar-refractivity contribution in [2.75, 3.05) is 19.8 Å². The fraction of sp³-hybridized carbons (Fsp3) is 0.500. The largest absolute Gasteiger partial charge is 0.493 e. The van der Waals surface area contributed by atoms with Crippen molar-refractivity contribution in [2.45, 2.75) is 19.8 Å². The number of ether oxygens (including phenoxy) is 2. The summed E-state index contributed by atoms with van der Waals surface area (Å²) in [7, 11) is 0. The normalized spacial score (nSPS) is 10.2. The molecule has 90 valence electrons. The summed E-state index contributed by atoms with van der Waals surface area (Å²) in [4.78, 5) is 0. The summed E-state index contributed by atoms with van der Waals surface area (Å²) < 4.78 is 12.0. The summed E-state index contributed by atoms with van der Waals surface area (Å²) in [6.07, 6.45) is 2.18. The average Bonchev–Trinajstić information content (AvgIpc) is 2.30. The molecular weight excluding hydrogens is 319 g/mol. The molecule has 0 heterocycles. The molecule has 0 bridgehead atoms. The molecule has 1 rings (SSSR count). The van der Waals surface area contributed by atoms with Gasteiger partial charge in [-0.25, -0.2) is 0 Å². The highest BCUT2D eigenvalue weighted by Gasteiger charge is 2.03. The number of halogens is 1. The maximum atomic E-state index is 8.70. The van der Waals surface area contributed by atoms with E-state index in [1.807, 2.05) is 18.2 Å². The molecule has 1 N–H and O–H groups in total. The lowest BCUT2D eigenvalue weighted by Gasteiger charge is -2.10. The van der Waals surface area contributed by atoms with Crippen LogP contribution in [-0.4, -0.2) is 24.9 Å². The third kappa shape index (κ3) is 4.57. The molecule has 0 amide bonds. The van der Waals surface area contributed by atoms with Crippen molar-refractivity contribution >= 4 is 22.6 Å². The van der Waals surface area contributed by atoms with Gasteiger partial charge in [-0.1, -0.05) is 13.3 Å². The minimum absolute atomic E-state index is 0.0248. The van der Waals surface area contributed by atoms with Crippen molar-refractivity contribution in [3.63, 3.8) is 0 Å². The summed E-state index contributed by atoms with van der Waals surface area (Å²) in [5.41, 5.74) is 0. The SMILES string of the molecule is CCCCOc1ccc(I)c(OCCO)c1. The molecule has 0 saturated heterocycles. The Morgan fingerprint density at radius 3 is 2.75 bits per heavy atom. The summed E-state index contributed by atoms with van der Waals surface area (Å²) in [5.74, 6) is 1.59.